The monoisotopic (exact) mass is 361 g/mol. The molecule has 0 bridgehead atoms. The summed E-state index contributed by atoms with van der Waals surface area (Å²) in [6.45, 7) is 2.89. The molecule has 0 radical (unpaired) electrons. The summed E-state index contributed by atoms with van der Waals surface area (Å²) in [5.41, 5.74) is 4.21. The summed E-state index contributed by atoms with van der Waals surface area (Å²) in [5.74, 6) is 0.798. The Morgan fingerprint density at radius 3 is 2.63 bits per heavy atom. The zero-order chi connectivity index (χ0) is 18.8. The first kappa shape index (κ1) is 17.3. The van der Waals surface area contributed by atoms with Gasteiger partial charge in [0.2, 0.25) is 0 Å². The van der Waals surface area contributed by atoms with E-state index >= 15 is 0 Å². The highest BCUT2D eigenvalue weighted by Gasteiger charge is 2.30. The third-order valence-electron chi connectivity index (χ3n) is 5.17. The standard InChI is InChI=1S/C21H23N5O/c1-15-6-3-4-7-18(15)19-8-5-13-26(19)21(27)23-17-11-9-16(10-12-17)20-24-22-14-25(20)2/h3-4,6-7,9-12,14,19H,5,8,13H2,1-2H3,(H,23,27). The molecule has 1 saturated heterocycles. The van der Waals surface area contributed by atoms with E-state index in [1.807, 2.05) is 52.9 Å². The Morgan fingerprint density at radius 1 is 1.15 bits per heavy atom. The van der Waals surface area contributed by atoms with Crippen LogP contribution in [0.1, 0.15) is 30.0 Å². The van der Waals surface area contributed by atoms with Crippen LogP contribution in [0.2, 0.25) is 0 Å². The van der Waals surface area contributed by atoms with E-state index in [0.29, 0.717) is 0 Å². The van der Waals surface area contributed by atoms with Crippen molar-refractivity contribution in [2.24, 2.45) is 7.05 Å². The first-order chi connectivity index (χ1) is 13.1. The van der Waals surface area contributed by atoms with E-state index in [4.69, 9.17) is 0 Å². The zero-order valence-corrected chi connectivity index (χ0v) is 15.6. The quantitative estimate of drug-likeness (QED) is 0.762. The fourth-order valence-electron chi connectivity index (χ4n) is 3.74. The highest BCUT2D eigenvalue weighted by Crippen LogP contribution is 2.34. The summed E-state index contributed by atoms with van der Waals surface area (Å²) in [5, 5.41) is 11.0. The third kappa shape index (κ3) is 3.43. The summed E-state index contributed by atoms with van der Waals surface area (Å²) in [6.07, 6.45) is 3.70. The highest BCUT2D eigenvalue weighted by molar-refractivity contribution is 5.90. The number of nitrogens with zero attached hydrogens (tertiary/aromatic N) is 4. The van der Waals surface area contributed by atoms with E-state index in [2.05, 4.69) is 34.6 Å². The maximum Gasteiger partial charge on any atom is 0.322 e. The Bertz CT molecular complexity index is 947. The predicted molar refractivity (Wildman–Crippen MR) is 105 cm³/mol. The summed E-state index contributed by atoms with van der Waals surface area (Å²) in [7, 11) is 1.91. The average molecular weight is 361 g/mol. The van der Waals surface area contributed by atoms with E-state index in [9.17, 15) is 4.79 Å². The number of anilines is 1. The van der Waals surface area contributed by atoms with Gasteiger partial charge >= 0.3 is 6.03 Å². The second kappa shape index (κ2) is 7.23. The summed E-state index contributed by atoms with van der Waals surface area (Å²) in [6, 6.07) is 16.1. The average Bonchev–Trinajstić information content (AvgIpc) is 3.32. The van der Waals surface area contributed by atoms with Crippen molar-refractivity contribution in [1.29, 1.82) is 0 Å². The van der Waals surface area contributed by atoms with Crippen LogP contribution in [0.5, 0.6) is 0 Å². The van der Waals surface area contributed by atoms with Crippen LogP contribution in [0.4, 0.5) is 10.5 Å². The zero-order valence-electron chi connectivity index (χ0n) is 15.6. The number of likely N-dealkylation sites (tertiary alicyclic amines) is 1. The molecule has 1 aromatic heterocycles. The molecule has 138 valence electrons. The number of urea groups is 1. The summed E-state index contributed by atoms with van der Waals surface area (Å²) < 4.78 is 1.87. The second-order valence-corrected chi connectivity index (χ2v) is 6.98. The number of hydrogen-bond donors (Lipinski definition) is 1. The van der Waals surface area contributed by atoms with Crippen LogP contribution in [0.25, 0.3) is 11.4 Å². The number of nitrogens with one attached hydrogen (secondary N) is 1. The number of hydrogen-bond acceptors (Lipinski definition) is 3. The second-order valence-electron chi connectivity index (χ2n) is 6.98. The van der Waals surface area contributed by atoms with Gasteiger partial charge in [0.25, 0.3) is 0 Å². The van der Waals surface area contributed by atoms with Crippen LogP contribution in [0.3, 0.4) is 0 Å². The largest absolute Gasteiger partial charge is 0.322 e. The van der Waals surface area contributed by atoms with Gasteiger partial charge in [-0.2, -0.15) is 0 Å². The molecule has 1 fully saturated rings. The molecular weight excluding hydrogens is 338 g/mol. The minimum atomic E-state index is -0.0489. The van der Waals surface area contributed by atoms with E-state index in [1.165, 1.54) is 11.1 Å². The Labute approximate surface area is 158 Å². The van der Waals surface area contributed by atoms with Crippen molar-refractivity contribution >= 4 is 11.7 Å². The number of amides is 2. The van der Waals surface area contributed by atoms with E-state index in [0.717, 1.165) is 36.5 Å². The molecule has 4 rings (SSSR count). The number of aryl methyl sites for hydroxylation is 2. The maximum absolute atomic E-state index is 12.9. The Balaban J connectivity index is 1.48. The van der Waals surface area contributed by atoms with Crippen LogP contribution < -0.4 is 5.32 Å². The SMILES string of the molecule is Cc1ccccc1C1CCCN1C(=O)Nc1ccc(-c2nncn2C)cc1. The molecule has 2 aromatic carbocycles. The molecule has 1 atom stereocenters. The molecule has 0 spiro atoms. The van der Waals surface area contributed by atoms with E-state index in [1.54, 1.807) is 6.33 Å². The molecule has 2 heterocycles. The fourth-order valence-corrected chi connectivity index (χ4v) is 3.74. The lowest BCUT2D eigenvalue weighted by molar-refractivity contribution is 0.207. The summed E-state index contributed by atoms with van der Waals surface area (Å²) in [4.78, 5) is 14.8. The van der Waals surface area contributed by atoms with Crippen LogP contribution in [0, 0.1) is 6.92 Å². The fraction of sp³-hybridized carbons (Fsp3) is 0.286. The molecule has 1 unspecified atom stereocenters. The maximum atomic E-state index is 12.9. The Hall–Kier alpha value is -3.15. The molecule has 3 aromatic rings. The highest BCUT2D eigenvalue weighted by atomic mass is 16.2. The van der Waals surface area contributed by atoms with Gasteiger partial charge in [-0.25, -0.2) is 4.79 Å². The van der Waals surface area contributed by atoms with Crippen LogP contribution >= 0.6 is 0 Å². The van der Waals surface area contributed by atoms with Crippen molar-refractivity contribution in [2.45, 2.75) is 25.8 Å². The number of carbonyl (C=O) groups excluding carboxylic acids is 1. The first-order valence-corrected chi connectivity index (χ1v) is 9.21. The van der Waals surface area contributed by atoms with Crippen LogP contribution in [0.15, 0.2) is 54.9 Å². The van der Waals surface area contributed by atoms with Crippen molar-refractivity contribution in [2.75, 3.05) is 11.9 Å². The topological polar surface area (TPSA) is 63.1 Å². The molecule has 6 nitrogen and oxygen atoms in total. The minimum Gasteiger partial charge on any atom is -0.317 e. The van der Waals surface area contributed by atoms with Crippen molar-refractivity contribution in [1.82, 2.24) is 19.7 Å². The van der Waals surface area contributed by atoms with Gasteiger partial charge in [0.1, 0.15) is 6.33 Å². The number of aromatic nitrogens is 3. The first-order valence-electron chi connectivity index (χ1n) is 9.21. The van der Waals surface area contributed by atoms with Gasteiger partial charge in [-0.05, 0) is 55.2 Å². The van der Waals surface area contributed by atoms with Crippen LogP contribution in [-0.2, 0) is 7.05 Å². The lowest BCUT2D eigenvalue weighted by Gasteiger charge is -2.26. The molecule has 1 aliphatic rings. The summed E-state index contributed by atoms with van der Waals surface area (Å²) >= 11 is 0. The van der Waals surface area contributed by atoms with Crippen molar-refractivity contribution in [3.05, 3.63) is 66.0 Å². The van der Waals surface area contributed by atoms with Crippen molar-refractivity contribution in [3.8, 4) is 11.4 Å². The number of carbonyl (C=O) groups is 1. The normalized spacial score (nSPS) is 16.5. The molecular formula is C21H23N5O. The van der Waals surface area contributed by atoms with Gasteiger partial charge in [-0.1, -0.05) is 24.3 Å². The van der Waals surface area contributed by atoms with Gasteiger partial charge < -0.3 is 14.8 Å². The van der Waals surface area contributed by atoms with Gasteiger partial charge in [0.05, 0.1) is 6.04 Å². The third-order valence-corrected chi connectivity index (χ3v) is 5.17. The predicted octanol–water partition coefficient (Wildman–Crippen LogP) is 4.16. The van der Waals surface area contributed by atoms with Gasteiger partial charge in [0.15, 0.2) is 5.82 Å². The number of benzene rings is 2. The lowest BCUT2D eigenvalue weighted by atomic mass is 9.99. The van der Waals surface area contributed by atoms with Crippen LogP contribution in [-0.4, -0.2) is 32.2 Å². The Morgan fingerprint density at radius 2 is 1.93 bits per heavy atom. The smallest absolute Gasteiger partial charge is 0.317 e. The van der Waals surface area contributed by atoms with Gasteiger partial charge in [0, 0.05) is 24.8 Å². The number of rotatable bonds is 3. The molecule has 1 aliphatic heterocycles. The molecule has 6 heteroatoms. The molecule has 1 N–H and O–H groups in total. The minimum absolute atomic E-state index is 0.0489. The molecule has 0 aliphatic carbocycles. The Kier molecular flexibility index (Phi) is 4.62. The van der Waals surface area contributed by atoms with Gasteiger partial charge in [-0.15, -0.1) is 10.2 Å². The molecule has 2 amide bonds. The van der Waals surface area contributed by atoms with E-state index < -0.39 is 0 Å². The molecule has 0 saturated carbocycles. The lowest BCUT2D eigenvalue weighted by Crippen LogP contribution is -2.34. The van der Waals surface area contributed by atoms with Gasteiger partial charge in [-0.3, -0.25) is 0 Å². The van der Waals surface area contributed by atoms with Crippen molar-refractivity contribution < 1.29 is 4.79 Å². The van der Waals surface area contributed by atoms with E-state index in [-0.39, 0.29) is 12.1 Å². The van der Waals surface area contributed by atoms with Crippen molar-refractivity contribution in [3.63, 3.8) is 0 Å². The molecule has 27 heavy (non-hydrogen) atoms.